The fourth-order valence-corrected chi connectivity index (χ4v) is 2.05. The van der Waals surface area contributed by atoms with E-state index >= 15 is 0 Å². The second-order valence-corrected chi connectivity index (χ2v) is 5.05. The molecular weight excluding hydrogens is 298 g/mol. The molecule has 100 valence electrons. The van der Waals surface area contributed by atoms with Crippen LogP contribution in [0.5, 0.6) is 0 Å². The number of nitrogens with one attached hydrogen (secondary N) is 1. The van der Waals surface area contributed by atoms with E-state index < -0.39 is 0 Å². The van der Waals surface area contributed by atoms with Crippen LogP contribution >= 0.6 is 15.9 Å². The van der Waals surface area contributed by atoms with E-state index in [1.54, 1.807) is 12.1 Å². The Hall–Kier alpha value is -1.14. The lowest BCUT2D eigenvalue weighted by molar-refractivity contribution is -0.384. The molecule has 0 radical (unpaired) electrons. The van der Waals surface area contributed by atoms with Crippen molar-refractivity contribution in [2.45, 2.75) is 32.2 Å². The van der Waals surface area contributed by atoms with E-state index in [9.17, 15) is 10.1 Å². The molecule has 1 unspecified atom stereocenters. The van der Waals surface area contributed by atoms with Gasteiger partial charge in [-0.3, -0.25) is 10.1 Å². The third-order valence-electron chi connectivity index (χ3n) is 2.71. The molecule has 0 saturated heterocycles. The van der Waals surface area contributed by atoms with Gasteiger partial charge in [-0.15, -0.1) is 0 Å². The van der Waals surface area contributed by atoms with Crippen LogP contribution in [0.4, 0.5) is 11.4 Å². The monoisotopic (exact) mass is 315 g/mol. The standard InChI is InChI=1S/C12H18BrN3O2/c1-2-3-4-10(8-14)15-11-6-5-9(13)7-12(11)16(17)18/h5-7,10,15H,2-4,8,14H2,1H3. The van der Waals surface area contributed by atoms with Crippen molar-refractivity contribution >= 4 is 27.3 Å². The first-order valence-corrected chi connectivity index (χ1v) is 6.78. The minimum Gasteiger partial charge on any atom is -0.375 e. The van der Waals surface area contributed by atoms with Crippen molar-refractivity contribution in [3.63, 3.8) is 0 Å². The van der Waals surface area contributed by atoms with Gasteiger partial charge < -0.3 is 11.1 Å². The van der Waals surface area contributed by atoms with Crippen LogP contribution in [0.15, 0.2) is 22.7 Å². The molecule has 1 atom stereocenters. The number of halogens is 1. The molecule has 0 spiro atoms. The van der Waals surface area contributed by atoms with Gasteiger partial charge in [-0.05, 0) is 18.6 Å². The first kappa shape index (κ1) is 14.9. The van der Waals surface area contributed by atoms with Gasteiger partial charge in [0.2, 0.25) is 0 Å². The van der Waals surface area contributed by atoms with Gasteiger partial charge in [0.1, 0.15) is 5.69 Å². The molecule has 0 saturated carbocycles. The number of unbranched alkanes of at least 4 members (excludes halogenated alkanes) is 1. The predicted octanol–water partition coefficient (Wildman–Crippen LogP) is 3.29. The molecular formula is C12H18BrN3O2. The Morgan fingerprint density at radius 1 is 1.56 bits per heavy atom. The zero-order valence-corrected chi connectivity index (χ0v) is 11.9. The number of anilines is 1. The van der Waals surface area contributed by atoms with Crippen LogP contribution in [0.1, 0.15) is 26.2 Å². The maximum atomic E-state index is 11.0. The molecule has 1 rings (SSSR count). The van der Waals surface area contributed by atoms with Gasteiger partial charge in [0.05, 0.1) is 4.92 Å². The summed E-state index contributed by atoms with van der Waals surface area (Å²) < 4.78 is 0.692. The van der Waals surface area contributed by atoms with Crippen LogP contribution in [0, 0.1) is 10.1 Å². The van der Waals surface area contributed by atoms with Gasteiger partial charge in [-0.1, -0.05) is 35.7 Å². The second-order valence-electron chi connectivity index (χ2n) is 4.14. The Bertz CT molecular complexity index is 412. The summed E-state index contributed by atoms with van der Waals surface area (Å²) in [7, 11) is 0. The number of benzene rings is 1. The molecule has 0 heterocycles. The van der Waals surface area contributed by atoms with Crippen LogP contribution in [0.2, 0.25) is 0 Å². The summed E-state index contributed by atoms with van der Waals surface area (Å²) in [6.07, 6.45) is 3.06. The first-order valence-electron chi connectivity index (χ1n) is 5.99. The van der Waals surface area contributed by atoms with Gasteiger partial charge in [-0.25, -0.2) is 0 Å². The molecule has 18 heavy (non-hydrogen) atoms. The van der Waals surface area contributed by atoms with Gasteiger partial charge in [0, 0.05) is 23.1 Å². The molecule has 5 nitrogen and oxygen atoms in total. The molecule has 0 bridgehead atoms. The van der Waals surface area contributed by atoms with Gasteiger partial charge in [0.25, 0.3) is 5.69 Å². The maximum absolute atomic E-state index is 11.0. The summed E-state index contributed by atoms with van der Waals surface area (Å²) >= 11 is 3.23. The normalized spacial score (nSPS) is 12.2. The third-order valence-corrected chi connectivity index (χ3v) is 3.20. The van der Waals surface area contributed by atoms with Crippen LogP contribution < -0.4 is 11.1 Å². The van der Waals surface area contributed by atoms with Gasteiger partial charge >= 0.3 is 0 Å². The molecule has 0 aliphatic rings. The van der Waals surface area contributed by atoms with Gasteiger partial charge in [0.15, 0.2) is 0 Å². The summed E-state index contributed by atoms with van der Waals surface area (Å²) in [6, 6.07) is 5.06. The number of nitro benzene ring substituents is 1. The Labute approximate surface area is 115 Å². The first-order chi connectivity index (χ1) is 8.58. The van der Waals surface area contributed by atoms with Crippen LogP contribution in [0.3, 0.4) is 0 Å². The summed E-state index contributed by atoms with van der Waals surface area (Å²) in [5.41, 5.74) is 6.27. The Balaban J connectivity index is 2.84. The summed E-state index contributed by atoms with van der Waals surface area (Å²) in [4.78, 5) is 10.6. The van der Waals surface area contributed by atoms with Crippen molar-refractivity contribution in [2.24, 2.45) is 5.73 Å². The molecule has 0 aliphatic heterocycles. The molecule has 0 aromatic heterocycles. The van der Waals surface area contributed by atoms with Crippen molar-refractivity contribution in [3.8, 4) is 0 Å². The number of rotatable bonds is 7. The molecule has 1 aromatic rings. The lowest BCUT2D eigenvalue weighted by Gasteiger charge is -2.17. The van der Waals surface area contributed by atoms with Crippen molar-refractivity contribution in [2.75, 3.05) is 11.9 Å². The number of nitro groups is 1. The summed E-state index contributed by atoms with van der Waals surface area (Å²) in [6.45, 7) is 2.57. The highest BCUT2D eigenvalue weighted by Crippen LogP contribution is 2.28. The fraction of sp³-hybridized carbons (Fsp3) is 0.500. The highest BCUT2D eigenvalue weighted by atomic mass is 79.9. The van der Waals surface area contributed by atoms with E-state index in [2.05, 4.69) is 28.2 Å². The van der Waals surface area contributed by atoms with Crippen molar-refractivity contribution in [1.82, 2.24) is 0 Å². The van der Waals surface area contributed by atoms with Crippen LogP contribution in [0.25, 0.3) is 0 Å². The quantitative estimate of drug-likeness (QED) is 0.597. The van der Waals surface area contributed by atoms with E-state index in [0.29, 0.717) is 16.7 Å². The Kier molecular flexibility index (Phi) is 6.07. The number of hydrogen-bond donors (Lipinski definition) is 2. The summed E-state index contributed by atoms with van der Waals surface area (Å²) in [5, 5.41) is 14.1. The average Bonchev–Trinajstić information content (AvgIpc) is 2.35. The van der Waals surface area contributed by atoms with E-state index in [1.165, 1.54) is 6.07 Å². The Morgan fingerprint density at radius 3 is 2.83 bits per heavy atom. The topological polar surface area (TPSA) is 81.2 Å². The Morgan fingerprint density at radius 2 is 2.28 bits per heavy atom. The van der Waals surface area contributed by atoms with E-state index in [1.807, 2.05) is 0 Å². The highest BCUT2D eigenvalue weighted by molar-refractivity contribution is 9.10. The van der Waals surface area contributed by atoms with E-state index in [0.717, 1.165) is 19.3 Å². The smallest absolute Gasteiger partial charge is 0.293 e. The number of hydrogen-bond acceptors (Lipinski definition) is 4. The summed E-state index contributed by atoms with van der Waals surface area (Å²) in [5.74, 6) is 0. The number of nitrogens with zero attached hydrogens (tertiary/aromatic N) is 1. The van der Waals surface area contributed by atoms with Crippen LogP contribution in [-0.4, -0.2) is 17.5 Å². The molecule has 6 heteroatoms. The number of nitrogens with two attached hydrogens (primary N) is 1. The maximum Gasteiger partial charge on any atom is 0.293 e. The zero-order valence-electron chi connectivity index (χ0n) is 10.4. The second kappa shape index (κ2) is 7.33. The van der Waals surface area contributed by atoms with E-state index in [4.69, 9.17) is 5.73 Å². The predicted molar refractivity (Wildman–Crippen MR) is 76.8 cm³/mol. The third kappa shape index (κ3) is 4.27. The molecule has 0 aliphatic carbocycles. The molecule has 0 fully saturated rings. The van der Waals surface area contributed by atoms with Crippen molar-refractivity contribution < 1.29 is 4.92 Å². The largest absolute Gasteiger partial charge is 0.375 e. The van der Waals surface area contributed by atoms with E-state index in [-0.39, 0.29) is 16.7 Å². The van der Waals surface area contributed by atoms with Gasteiger partial charge in [-0.2, -0.15) is 0 Å². The zero-order chi connectivity index (χ0) is 13.5. The lowest BCUT2D eigenvalue weighted by Crippen LogP contribution is -2.29. The van der Waals surface area contributed by atoms with Crippen molar-refractivity contribution in [1.29, 1.82) is 0 Å². The highest BCUT2D eigenvalue weighted by Gasteiger charge is 2.16. The average molecular weight is 316 g/mol. The molecule has 3 N–H and O–H groups in total. The lowest BCUT2D eigenvalue weighted by atomic mass is 10.1. The minimum atomic E-state index is -0.388. The van der Waals surface area contributed by atoms with Crippen molar-refractivity contribution in [3.05, 3.63) is 32.8 Å². The molecule has 0 amide bonds. The van der Waals surface area contributed by atoms with Crippen LogP contribution in [-0.2, 0) is 0 Å². The molecule has 1 aromatic carbocycles. The fourth-order valence-electron chi connectivity index (χ4n) is 1.70. The SMILES string of the molecule is CCCCC(CN)Nc1ccc(Br)cc1[N+](=O)[O-]. The minimum absolute atomic E-state index is 0.0688.